The van der Waals surface area contributed by atoms with Gasteiger partial charge in [0.25, 0.3) is 0 Å². The van der Waals surface area contributed by atoms with Crippen LogP contribution in [0.5, 0.6) is 0 Å². The molecule has 6 nitrogen and oxygen atoms in total. The first-order chi connectivity index (χ1) is 16.7. The first-order valence-corrected chi connectivity index (χ1v) is 13.6. The highest BCUT2D eigenvalue weighted by atomic mass is 16.5. The summed E-state index contributed by atoms with van der Waals surface area (Å²) < 4.78 is 6.57. The zero-order chi connectivity index (χ0) is 23.3. The van der Waals surface area contributed by atoms with E-state index in [-0.39, 0.29) is 12.7 Å². The first kappa shape index (κ1) is 24.0. The van der Waals surface area contributed by atoms with Gasteiger partial charge in [0.15, 0.2) is 0 Å². The van der Waals surface area contributed by atoms with Crippen molar-refractivity contribution in [1.29, 1.82) is 0 Å². The third-order valence-corrected chi connectivity index (χ3v) is 8.48. The standard InChI is InChI=1S/C28H42N4O2/c1-20-13-23(19-33)14-24-16-25(20)26-17-29-8-7-21-5-6-28(31-27(26)15-21)30-9-10-32(11-12-34-24)18-22-3-2-4-22/h5-6,15,17,20,22-25,33H,2-4,7-14,16,18-19H2,1H3,(H,30,31). The molecule has 2 fully saturated rings. The van der Waals surface area contributed by atoms with Crippen LogP contribution in [0.3, 0.4) is 0 Å². The van der Waals surface area contributed by atoms with E-state index < -0.39 is 0 Å². The smallest absolute Gasteiger partial charge is 0.125 e. The minimum Gasteiger partial charge on any atom is -0.396 e. The van der Waals surface area contributed by atoms with E-state index in [4.69, 9.17) is 14.7 Å². The first-order valence-electron chi connectivity index (χ1n) is 13.6. The van der Waals surface area contributed by atoms with Gasteiger partial charge in [0.05, 0.1) is 19.3 Å². The SMILES string of the molecule is CC1CC(CO)CC2CC1C1=C3C=C(C=CC(=NCCN(CC4CCC4)CCO2)N3)CCN=C1. The molecule has 0 amide bonds. The van der Waals surface area contributed by atoms with Crippen molar-refractivity contribution in [3.8, 4) is 0 Å². The third kappa shape index (κ3) is 5.89. The summed E-state index contributed by atoms with van der Waals surface area (Å²) in [6.45, 7) is 8.05. The maximum Gasteiger partial charge on any atom is 0.125 e. The molecule has 5 aliphatic rings. The lowest BCUT2D eigenvalue weighted by atomic mass is 9.81. The van der Waals surface area contributed by atoms with Gasteiger partial charge in [-0.25, -0.2) is 0 Å². The highest BCUT2D eigenvalue weighted by molar-refractivity contribution is 5.97. The van der Waals surface area contributed by atoms with Gasteiger partial charge in [-0.15, -0.1) is 0 Å². The predicted molar refractivity (Wildman–Crippen MR) is 138 cm³/mol. The number of fused-ring (bicyclic) bond motifs is 4. The summed E-state index contributed by atoms with van der Waals surface area (Å²) in [6, 6.07) is 0. The number of rotatable bonds is 3. The van der Waals surface area contributed by atoms with Crippen LogP contribution in [0.25, 0.3) is 0 Å². The molecule has 2 aliphatic carbocycles. The number of allylic oxidation sites excluding steroid dienone is 3. The minimum atomic E-state index is 0.174. The molecule has 3 aliphatic heterocycles. The Balaban J connectivity index is 1.48. The van der Waals surface area contributed by atoms with Crippen molar-refractivity contribution in [3.63, 3.8) is 0 Å². The van der Waals surface area contributed by atoms with E-state index in [1.165, 1.54) is 37.0 Å². The van der Waals surface area contributed by atoms with Gasteiger partial charge in [-0.3, -0.25) is 14.9 Å². The molecule has 0 aromatic heterocycles. The summed E-state index contributed by atoms with van der Waals surface area (Å²) in [7, 11) is 0. The summed E-state index contributed by atoms with van der Waals surface area (Å²) in [5.74, 6) is 2.90. The van der Waals surface area contributed by atoms with Crippen LogP contribution in [0.15, 0.2) is 45.1 Å². The molecule has 5 rings (SSSR count). The minimum absolute atomic E-state index is 0.174. The van der Waals surface area contributed by atoms with Crippen LogP contribution < -0.4 is 5.32 Å². The highest BCUT2D eigenvalue weighted by Gasteiger charge is 2.34. The quantitative estimate of drug-likeness (QED) is 0.665. The Morgan fingerprint density at radius 1 is 1.12 bits per heavy atom. The van der Waals surface area contributed by atoms with E-state index in [0.717, 1.165) is 75.9 Å². The number of aliphatic imine (C=N–C) groups is 2. The van der Waals surface area contributed by atoms with E-state index in [1.807, 2.05) is 0 Å². The van der Waals surface area contributed by atoms with Gasteiger partial charge in [0.1, 0.15) is 5.84 Å². The van der Waals surface area contributed by atoms with Gasteiger partial charge in [-0.1, -0.05) is 19.4 Å². The van der Waals surface area contributed by atoms with Gasteiger partial charge < -0.3 is 15.2 Å². The fourth-order valence-electron chi connectivity index (χ4n) is 6.24. The van der Waals surface area contributed by atoms with Crippen molar-refractivity contribution in [2.24, 2.45) is 33.7 Å². The number of ether oxygens (including phenoxy) is 1. The van der Waals surface area contributed by atoms with Crippen molar-refractivity contribution in [3.05, 3.63) is 35.1 Å². The molecule has 0 saturated heterocycles. The number of aliphatic hydroxyl groups is 1. The largest absolute Gasteiger partial charge is 0.396 e. The molecule has 5 bridgehead atoms. The molecule has 0 aromatic rings. The molecule has 34 heavy (non-hydrogen) atoms. The predicted octanol–water partition coefficient (Wildman–Crippen LogP) is 3.74. The molecule has 4 atom stereocenters. The van der Waals surface area contributed by atoms with Crippen LogP contribution >= 0.6 is 0 Å². The van der Waals surface area contributed by atoms with Crippen molar-refractivity contribution in [2.75, 3.05) is 45.9 Å². The lowest BCUT2D eigenvalue weighted by molar-refractivity contribution is 0.00995. The molecule has 0 radical (unpaired) electrons. The third-order valence-electron chi connectivity index (χ3n) is 8.48. The summed E-state index contributed by atoms with van der Waals surface area (Å²) >= 11 is 0. The number of amidine groups is 1. The second kappa shape index (κ2) is 11.3. The Hall–Kier alpha value is -1.76. The summed E-state index contributed by atoms with van der Waals surface area (Å²) in [4.78, 5) is 12.3. The number of aliphatic hydroxyl groups excluding tert-OH is 1. The molecule has 2 saturated carbocycles. The van der Waals surface area contributed by atoms with Crippen LogP contribution in [0, 0.1) is 23.7 Å². The molecule has 3 heterocycles. The van der Waals surface area contributed by atoms with Crippen LogP contribution in [0.2, 0.25) is 0 Å². The van der Waals surface area contributed by atoms with E-state index >= 15 is 0 Å². The molecule has 0 aromatic carbocycles. The normalized spacial score (nSPS) is 33.5. The Morgan fingerprint density at radius 3 is 2.85 bits per heavy atom. The topological polar surface area (TPSA) is 69.5 Å². The highest BCUT2D eigenvalue weighted by Crippen LogP contribution is 2.38. The second-order valence-electron chi connectivity index (χ2n) is 11.0. The summed E-state index contributed by atoms with van der Waals surface area (Å²) in [5, 5.41) is 13.8. The Morgan fingerprint density at radius 2 is 2.03 bits per heavy atom. The fourth-order valence-corrected chi connectivity index (χ4v) is 6.24. The van der Waals surface area contributed by atoms with E-state index in [0.29, 0.717) is 17.8 Å². The van der Waals surface area contributed by atoms with E-state index in [1.54, 1.807) is 0 Å². The van der Waals surface area contributed by atoms with Crippen molar-refractivity contribution < 1.29 is 9.84 Å². The van der Waals surface area contributed by atoms with Gasteiger partial charge in [0, 0.05) is 44.7 Å². The number of nitrogens with zero attached hydrogens (tertiary/aromatic N) is 3. The Bertz CT molecular complexity index is 870. The lowest BCUT2D eigenvalue weighted by Gasteiger charge is -2.33. The second-order valence-corrected chi connectivity index (χ2v) is 11.0. The maximum absolute atomic E-state index is 10.1. The van der Waals surface area contributed by atoms with Gasteiger partial charge >= 0.3 is 0 Å². The zero-order valence-corrected chi connectivity index (χ0v) is 20.8. The molecular formula is C28H42N4O2. The molecule has 4 unspecified atom stereocenters. The van der Waals surface area contributed by atoms with Crippen LogP contribution in [0.1, 0.15) is 51.9 Å². The van der Waals surface area contributed by atoms with E-state index in [2.05, 4.69) is 41.6 Å². The molecule has 0 spiro atoms. The van der Waals surface area contributed by atoms with Crippen LogP contribution in [-0.2, 0) is 4.74 Å². The van der Waals surface area contributed by atoms with Crippen LogP contribution in [-0.4, -0.2) is 74.1 Å². The monoisotopic (exact) mass is 466 g/mol. The van der Waals surface area contributed by atoms with Crippen molar-refractivity contribution >= 4 is 12.1 Å². The lowest BCUT2D eigenvalue weighted by Crippen LogP contribution is -2.38. The molecular weight excluding hydrogens is 424 g/mol. The average Bonchev–Trinajstić information content (AvgIpc) is 3.09. The summed E-state index contributed by atoms with van der Waals surface area (Å²) in [5.41, 5.74) is 3.72. The zero-order valence-electron chi connectivity index (χ0n) is 20.8. The van der Waals surface area contributed by atoms with E-state index in [9.17, 15) is 5.11 Å². The summed E-state index contributed by atoms with van der Waals surface area (Å²) in [6.07, 6.45) is 17.0. The number of hydrogen-bond donors (Lipinski definition) is 2. The Kier molecular flexibility index (Phi) is 7.98. The van der Waals surface area contributed by atoms with Gasteiger partial charge in [0.2, 0.25) is 0 Å². The molecule has 6 heteroatoms. The number of hydrogen-bond acceptors (Lipinski definition) is 6. The maximum atomic E-state index is 10.1. The van der Waals surface area contributed by atoms with Crippen molar-refractivity contribution in [1.82, 2.24) is 10.2 Å². The van der Waals surface area contributed by atoms with Gasteiger partial charge in [-0.05, 0) is 85.5 Å². The fraction of sp³-hybridized carbons (Fsp3) is 0.714. The van der Waals surface area contributed by atoms with Crippen LogP contribution in [0.4, 0.5) is 0 Å². The van der Waals surface area contributed by atoms with Crippen molar-refractivity contribution in [2.45, 2.75) is 58.0 Å². The average molecular weight is 467 g/mol. The molecule has 2 N–H and O–H groups in total. The number of nitrogens with one attached hydrogen (secondary N) is 1. The Labute approximate surface area is 205 Å². The molecule has 186 valence electrons. The van der Waals surface area contributed by atoms with Gasteiger partial charge in [-0.2, -0.15) is 0 Å².